The molecule has 0 aromatic rings. The Labute approximate surface area is 173 Å². The second-order valence-corrected chi connectivity index (χ2v) is 8.43. The molecule has 0 N–H and O–H groups in total. The van der Waals surface area contributed by atoms with Gasteiger partial charge in [-0.3, -0.25) is 4.79 Å². The standard InChI is InChI=1S/C26H42O2/c1-6-7-8-12-21(2)17-19-24-14-11-15-25(23(24)4)20-18-22(3)13-9-10-16-26(27)28-5/h11,14-15,17-24H,6-10,12-13,16H2,1-5H3/b19-17+,20-18+/t21-,22+,23?,24?/m1/s1. The molecular weight excluding hydrogens is 344 g/mol. The Morgan fingerprint density at radius 1 is 1.11 bits per heavy atom. The van der Waals surface area contributed by atoms with Gasteiger partial charge in [-0.1, -0.05) is 95.9 Å². The zero-order valence-corrected chi connectivity index (χ0v) is 18.8. The third-order valence-corrected chi connectivity index (χ3v) is 5.79. The lowest BCUT2D eigenvalue weighted by Gasteiger charge is -2.23. The van der Waals surface area contributed by atoms with Crippen molar-refractivity contribution in [2.75, 3.05) is 7.11 Å². The van der Waals surface area contributed by atoms with Crippen LogP contribution in [0, 0.1) is 23.7 Å². The maximum Gasteiger partial charge on any atom is 0.305 e. The van der Waals surface area contributed by atoms with E-state index in [4.69, 9.17) is 4.74 Å². The van der Waals surface area contributed by atoms with Crippen LogP contribution in [0.5, 0.6) is 0 Å². The van der Waals surface area contributed by atoms with Crippen molar-refractivity contribution in [3.05, 3.63) is 48.1 Å². The summed E-state index contributed by atoms with van der Waals surface area (Å²) < 4.78 is 4.69. The van der Waals surface area contributed by atoms with Crippen molar-refractivity contribution in [1.29, 1.82) is 0 Å². The van der Waals surface area contributed by atoms with Crippen LogP contribution in [0.1, 0.15) is 79.1 Å². The van der Waals surface area contributed by atoms with E-state index in [-0.39, 0.29) is 5.97 Å². The van der Waals surface area contributed by atoms with Crippen LogP contribution >= 0.6 is 0 Å². The molecule has 0 amide bonds. The Kier molecular flexibility index (Phi) is 12.6. The summed E-state index contributed by atoms with van der Waals surface area (Å²) in [6, 6.07) is 0. The van der Waals surface area contributed by atoms with Gasteiger partial charge >= 0.3 is 5.97 Å². The predicted molar refractivity (Wildman–Crippen MR) is 121 cm³/mol. The highest BCUT2D eigenvalue weighted by atomic mass is 16.5. The summed E-state index contributed by atoms with van der Waals surface area (Å²) in [5.74, 6) is 2.11. The van der Waals surface area contributed by atoms with Crippen molar-refractivity contribution < 1.29 is 9.53 Å². The Hall–Kier alpha value is -1.57. The van der Waals surface area contributed by atoms with Gasteiger partial charge in [0, 0.05) is 12.3 Å². The van der Waals surface area contributed by atoms with Gasteiger partial charge in [0.25, 0.3) is 0 Å². The van der Waals surface area contributed by atoms with E-state index in [1.807, 2.05) is 0 Å². The molecule has 1 aliphatic rings. The molecule has 0 spiro atoms. The van der Waals surface area contributed by atoms with Gasteiger partial charge < -0.3 is 4.74 Å². The number of carbonyl (C=O) groups is 1. The summed E-state index contributed by atoms with van der Waals surface area (Å²) in [4.78, 5) is 11.2. The zero-order chi connectivity index (χ0) is 20.8. The van der Waals surface area contributed by atoms with Crippen molar-refractivity contribution in [3.8, 4) is 0 Å². The van der Waals surface area contributed by atoms with Crippen LogP contribution in [0.4, 0.5) is 0 Å². The zero-order valence-electron chi connectivity index (χ0n) is 18.8. The fourth-order valence-electron chi connectivity index (χ4n) is 3.61. The molecule has 0 bridgehead atoms. The van der Waals surface area contributed by atoms with Gasteiger partial charge in [0.1, 0.15) is 0 Å². The third kappa shape index (κ3) is 10.1. The molecule has 2 unspecified atom stereocenters. The lowest BCUT2D eigenvalue weighted by atomic mass is 9.82. The SMILES string of the molecule is CCCCC[C@@H](C)/C=C/C1C=CC=C(/C=C/[C@@H](C)CCCCC(=O)OC)C1C. The first-order valence-electron chi connectivity index (χ1n) is 11.3. The lowest BCUT2D eigenvalue weighted by Crippen LogP contribution is -2.12. The number of carbonyl (C=O) groups excluding carboxylic acids is 1. The Morgan fingerprint density at radius 2 is 1.79 bits per heavy atom. The van der Waals surface area contributed by atoms with Crippen molar-refractivity contribution in [2.24, 2.45) is 23.7 Å². The van der Waals surface area contributed by atoms with E-state index in [1.165, 1.54) is 38.4 Å². The maximum atomic E-state index is 11.2. The minimum atomic E-state index is -0.102. The van der Waals surface area contributed by atoms with Crippen LogP contribution in [0.3, 0.4) is 0 Å². The van der Waals surface area contributed by atoms with E-state index < -0.39 is 0 Å². The van der Waals surface area contributed by atoms with E-state index in [1.54, 1.807) is 0 Å². The van der Waals surface area contributed by atoms with E-state index >= 15 is 0 Å². The topological polar surface area (TPSA) is 26.3 Å². The van der Waals surface area contributed by atoms with E-state index in [0.29, 0.717) is 30.1 Å². The molecule has 2 heteroatoms. The maximum absolute atomic E-state index is 11.2. The molecule has 4 atom stereocenters. The quantitative estimate of drug-likeness (QED) is 0.187. The Morgan fingerprint density at radius 3 is 2.46 bits per heavy atom. The van der Waals surface area contributed by atoms with Crippen molar-refractivity contribution in [1.82, 2.24) is 0 Å². The molecule has 0 fully saturated rings. The fraction of sp³-hybridized carbons (Fsp3) is 0.654. The highest BCUT2D eigenvalue weighted by molar-refractivity contribution is 5.68. The average Bonchev–Trinajstić information content (AvgIpc) is 2.69. The van der Waals surface area contributed by atoms with Crippen LogP contribution in [0.2, 0.25) is 0 Å². The molecule has 0 radical (unpaired) electrons. The second kappa shape index (κ2) is 14.4. The van der Waals surface area contributed by atoms with Crippen molar-refractivity contribution in [2.45, 2.75) is 79.1 Å². The number of hydrogen-bond acceptors (Lipinski definition) is 2. The average molecular weight is 387 g/mol. The van der Waals surface area contributed by atoms with Crippen molar-refractivity contribution in [3.63, 3.8) is 0 Å². The van der Waals surface area contributed by atoms with Gasteiger partial charge in [0.05, 0.1) is 7.11 Å². The first kappa shape index (κ1) is 24.5. The number of methoxy groups -OCH3 is 1. The predicted octanol–water partition coefficient (Wildman–Crippen LogP) is 7.43. The molecular formula is C26H42O2. The number of allylic oxidation sites excluding steroid dienone is 8. The molecule has 0 heterocycles. The molecule has 0 aromatic carbocycles. The van der Waals surface area contributed by atoms with Crippen molar-refractivity contribution >= 4 is 5.97 Å². The van der Waals surface area contributed by atoms with Crippen LogP contribution in [-0.4, -0.2) is 13.1 Å². The number of hydrogen-bond donors (Lipinski definition) is 0. The largest absolute Gasteiger partial charge is 0.469 e. The summed E-state index contributed by atoms with van der Waals surface area (Å²) in [6.45, 7) is 9.19. The summed E-state index contributed by atoms with van der Waals surface area (Å²) >= 11 is 0. The van der Waals surface area contributed by atoms with Crippen LogP contribution in [-0.2, 0) is 9.53 Å². The van der Waals surface area contributed by atoms with Gasteiger partial charge in [-0.05, 0) is 42.6 Å². The van der Waals surface area contributed by atoms with E-state index in [0.717, 1.165) is 19.3 Å². The molecule has 28 heavy (non-hydrogen) atoms. The molecule has 2 nitrogen and oxygen atoms in total. The normalized spacial score (nSPS) is 21.8. The first-order chi connectivity index (χ1) is 13.5. The highest BCUT2D eigenvalue weighted by Gasteiger charge is 2.17. The monoisotopic (exact) mass is 386 g/mol. The molecule has 0 saturated carbocycles. The third-order valence-electron chi connectivity index (χ3n) is 5.79. The van der Waals surface area contributed by atoms with Crippen LogP contribution in [0.15, 0.2) is 48.1 Å². The van der Waals surface area contributed by atoms with E-state index in [2.05, 4.69) is 70.2 Å². The number of ether oxygens (including phenoxy) is 1. The minimum Gasteiger partial charge on any atom is -0.469 e. The minimum absolute atomic E-state index is 0.102. The Bertz CT molecular complexity index is 553. The summed E-state index contributed by atoms with van der Waals surface area (Å²) in [5, 5.41) is 0. The summed E-state index contributed by atoms with van der Waals surface area (Å²) in [6.07, 6.45) is 25.1. The molecule has 0 aromatic heterocycles. The van der Waals surface area contributed by atoms with Gasteiger partial charge in [-0.2, -0.15) is 0 Å². The number of esters is 1. The van der Waals surface area contributed by atoms with Crippen LogP contribution in [0.25, 0.3) is 0 Å². The number of unbranched alkanes of at least 4 members (excludes halogenated alkanes) is 3. The van der Waals surface area contributed by atoms with Gasteiger partial charge in [-0.25, -0.2) is 0 Å². The molecule has 0 saturated heterocycles. The van der Waals surface area contributed by atoms with E-state index in [9.17, 15) is 4.79 Å². The van der Waals surface area contributed by atoms with Gasteiger partial charge in [0.2, 0.25) is 0 Å². The summed E-state index contributed by atoms with van der Waals surface area (Å²) in [7, 11) is 1.46. The lowest BCUT2D eigenvalue weighted by molar-refractivity contribution is -0.140. The molecule has 0 aliphatic heterocycles. The molecule has 1 rings (SSSR count). The number of rotatable bonds is 13. The second-order valence-electron chi connectivity index (χ2n) is 8.43. The highest BCUT2D eigenvalue weighted by Crippen LogP contribution is 2.29. The smallest absolute Gasteiger partial charge is 0.305 e. The molecule has 1 aliphatic carbocycles. The first-order valence-corrected chi connectivity index (χ1v) is 11.3. The van der Waals surface area contributed by atoms with Crippen LogP contribution < -0.4 is 0 Å². The Balaban J connectivity index is 2.43. The van der Waals surface area contributed by atoms with Gasteiger partial charge in [-0.15, -0.1) is 0 Å². The van der Waals surface area contributed by atoms with Gasteiger partial charge in [0.15, 0.2) is 0 Å². The molecule has 158 valence electrons. The summed E-state index contributed by atoms with van der Waals surface area (Å²) in [5.41, 5.74) is 1.41. The fourth-order valence-corrected chi connectivity index (χ4v) is 3.61.